The van der Waals surface area contributed by atoms with Gasteiger partial charge in [-0.25, -0.2) is 4.79 Å². The van der Waals surface area contributed by atoms with Gasteiger partial charge in [-0.15, -0.1) is 5.10 Å². The van der Waals surface area contributed by atoms with E-state index in [0.29, 0.717) is 28.8 Å². The van der Waals surface area contributed by atoms with Crippen LogP contribution in [-0.4, -0.2) is 24.4 Å². The number of fused-ring (bicyclic) bond motifs is 1. The number of H-pyrrole nitrogens is 1. The van der Waals surface area contributed by atoms with Crippen molar-refractivity contribution in [2.75, 3.05) is 0 Å². The lowest BCUT2D eigenvalue weighted by Gasteiger charge is -2.07. The Morgan fingerprint density at radius 1 is 1.33 bits per heavy atom. The Labute approximate surface area is 137 Å². The van der Waals surface area contributed by atoms with E-state index < -0.39 is 0 Å². The Morgan fingerprint density at radius 2 is 2.08 bits per heavy atom. The second-order valence-electron chi connectivity index (χ2n) is 5.55. The molecule has 0 atom stereocenters. The van der Waals surface area contributed by atoms with Crippen LogP contribution in [0.3, 0.4) is 0 Å². The van der Waals surface area contributed by atoms with Gasteiger partial charge in [-0.2, -0.15) is 4.68 Å². The van der Waals surface area contributed by atoms with Gasteiger partial charge in [-0.3, -0.25) is 9.36 Å². The maximum Gasteiger partial charge on any atom is 0.350 e. The van der Waals surface area contributed by atoms with Crippen molar-refractivity contribution < 1.29 is 5.11 Å². The summed E-state index contributed by atoms with van der Waals surface area (Å²) in [7, 11) is 0. The van der Waals surface area contributed by atoms with Crippen molar-refractivity contribution in [1.29, 1.82) is 0 Å². The summed E-state index contributed by atoms with van der Waals surface area (Å²) in [4.78, 5) is 27.2. The number of allylic oxidation sites excluding steroid dienone is 1. The predicted octanol–water partition coefficient (Wildman–Crippen LogP) is 1.42. The topological polar surface area (TPSA) is 92.9 Å². The van der Waals surface area contributed by atoms with E-state index in [2.05, 4.69) is 16.7 Å². The Bertz CT molecular complexity index is 1060. The van der Waals surface area contributed by atoms with E-state index in [-0.39, 0.29) is 17.9 Å². The van der Waals surface area contributed by atoms with Gasteiger partial charge < -0.3 is 10.1 Å². The monoisotopic (exact) mass is 326 g/mol. The van der Waals surface area contributed by atoms with Crippen LogP contribution in [0.5, 0.6) is 0 Å². The van der Waals surface area contributed by atoms with E-state index in [9.17, 15) is 14.7 Å². The number of nitrogens with one attached hydrogen (secondary N) is 1. The zero-order valence-corrected chi connectivity index (χ0v) is 13.5. The fraction of sp³-hybridized carbons (Fsp3) is 0.235. The quantitative estimate of drug-likeness (QED) is 0.758. The van der Waals surface area contributed by atoms with E-state index in [1.54, 1.807) is 24.4 Å². The number of benzene rings is 1. The maximum absolute atomic E-state index is 12.5. The molecule has 0 amide bonds. The molecular formula is C17H18N4O3. The highest BCUT2D eigenvalue weighted by Crippen LogP contribution is 2.23. The van der Waals surface area contributed by atoms with Crippen LogP contribution in [0.2, 0.25) is 0 Å². The van der Waals surface area contributed by atoms with Gasteiger partial charge in [0.15, 0.2) is 5.82 Å². The molecule has 0 bridgehead atoms. The van der Waals surface area contributed by atoms with Crippen molar-refractivity contribution in [3.8, 4) is 5.69 Å². The molecule has 7 nitrogen and oxygen atoms in total. The first kappa shape index (κ1) is 15.9. The van der Waals surface area contributed by atoms with Crippen LogP contribution < -0.4 is 11.2 Å². The van der Waals surface area contributed by atoms with E-state index >= 15 is 0 Å². The van der Waals surface area contributed by atoms with Gasteiger partial charge in [0.1, 0.15) is 6.61 Å². The molecular weight excluding hydrogens is 308 g/mol. The van der Waals surface area contributed by atoms with Gasteiger partial charge in [-0.05, 0) is 43.0 Å². The molecule has 2 aromatic heterocycles. The van der Waals surface area contributed by atoms with E-state index in [1.807, 2.05) is 13.8 Å². The molecule has 2 N–H and O–H groups in total. The van der Waals surface area contributed by atoms with Crippen molar-refractivity contribution in [2.24, 2.45) is 0 Å². The minimum absolute atomic E-state index is 0.205. The van der Waals surface area contributed by atoms with Gasteiger partial charge >= 0.3 is 5.69 Å². The third-order valence-corrected chi connectivity index (χ3v) is 3.99. The number of aromatic nitrogens is 4. The Morgan fingerprint density at radius 3 is 2.67 bits per heavy atom. The number of aromatic amines is 1. The molecule has 0 aliphatic rings. The average molecular weight is 326 g/mol. The fourth-order valence-corrected chi connectivity index (χ4v) is 2.77. The molecule has 0 saturated carbocycles. The molecule has 0 aliphatic carbocycles. The number of nitrogens with zero attached hydrogens (tertiary/aromatic N) is 3. The predicted molar refractivity (Wildman–Crippen MR) is 92.3 cm³/mol. The summed E-state index contributed by atoms with van der Waals surface area (Å²) in [5.41, 5.74) is 1.60. The third kappa shape index (κ3) is 2.39. The van der Waals surface area contributed by atoms with Gasteiger partial charge in [-0.1, -0.05) is 6.58 Å². The first-order valence-corrected chi connectivity index (χ1v) is 7.59. The normalized spacial score (nSPS) is 11.1. The fourth-order valence-electron chi connectivity index (χ4n) is 2.77. The Balaban J connectivity index is 2.31. The number of aliphatic hydroxyl groups is 1. The van der Waals surface area contributed by atoms with Crippen LogP contribution in [0.25, 0.3) is 22.0 Å². The van der Waals surface area contributed by atoms with E-state index in [1.165, 1.54) is 9.25 Å². The SMILES string of the molecule is C=C(C)c1c[nH]c(=O)c2ccc(-n3nc(CO)n(CC)c3=O)cc12. The lowest BCUT2D eigenvalue weighted by Crippen LogP contribution is -2.24. The first-order chi connectivity index (χ1) is 11.5. The van der Waals surface area contributed by atoms with Crippen LogP contribution in [0.1, 0.15) is 25.2 Å². The Hall–Kier alpha value is -2.93. The van der Waals surface area contributed by atoms with Gasteiger partial charge in [0.05, 0.1) is 5.69 Å². The summed E-state index contributed by atoms with van der Waals surface area (Å²) in [6.07, 6.45) is 1.61. The van der Waals surface area contributed by atoms with E-state index in [4.69, 9.17) is 0 Å². The molecule has 0 aliphatic heterocycles. The maximum atomic E-state index is 12.5. The largest absolute Gasteiger partial charge is 0.388 e. The molecule has 0 saturated heterocycles. The molecule has 2 heterocycles. The molecule has 3 rings (SSSR count). The van der Waals surface area contributed by atoms with Crippen LogP contribution >= 0.6 is 0 Å². The van der Waals surface area contributed by atoms with E-state index in [0.717, 1.165) is 11.1 Å². The van der Waals surface area contributed by atoms with Crippen LogP contribution in [0.15, 0.2) is 40.6 Å². The van der Waals surface area contributed by atoms with Crippen LogP contribution in [-0.2, 0) is 13.2 Å². The second-order valence-corrected chi connectivity index (χ2v) is 5.55. The number of aliphatic hydroxyl groups excluding tert-OH is 1. The minimum Gasteiger partial charge on any atom is -0.388 e. The smallest absolute Gasteiger partial charge is 0.350 e. The second kappa shape index (κ2) is 5.93. The molecule has 7 heteroatoms. The van der Waals surface area contributed by atoms with Crippen LogP contribution in [0, 0.1) is 0 Å². The van der Waals surface area contributed by atoms with Crippen molar-refractivity contribution in [3.05, 3.63) is 63.2 Å². The molecule has 0 unspecified atom stereocenters. The number of rotatable bonds is 4. The summed E-state index contributed by atoms with van der Waals surface area (Å²) < 4.78 is 2.64. The first-order valence-electron chi connectivity index (χ1n) is 7.59. The molecule has 1 aromatic carbocycles. The zero-order chi connectivity index (χ0) is 17.4. The highest BCUT2D eigenvalue weighted by molar-refractivity contribution is 5.93. The number of hydrogen-bond acceptors (Lipinski definition) is 4. The summed E-state index contributed by atoms with van der Waals surface area (Å²) in [6.45, 7) is 7.68. The van der Waals surface area contributed by atoms with Crippen molar-refractivity contribution in [1.82, 2.24) is 19.3 Å². The summed E-state index contributed by atoms with van der Waals surface area (Å²) >= 11 is 0. The molecule has 0 fully saturated rings. The number of hydrogen-bond donors (Lipinski definition) is 2. The van der Waals surface area contributed by atoms with Crippen molar-refractivity contribution in [3.63, 3.8) is 0 Å². The molecule has 3 aromatic rings. The van der Waals surface area contributed by atoms with Gasteiger partial charge in [0.25, 0.3) is 5.56 Å². The lowest BCUT2D eigenvalue weighted by atomic mass is 10.0. The van der Waals surface area contributed by atoms with Crippen LogP contribution in [0.4, 0.5) is 0 Å². The third-order valence-electron chi connectivity index (χ3n) is 3.99. The van der Waals surface area contributed by atoms with Crippen molar-refractivity contribution >= 4 is 16.3 Å². The molecule has 24 heavy (non-hydrogen) atoms. The summed E-state index contributed by atoms with van der Waals surface area (Å²) in [6, 6.07) is 5.06. The highest BCUT2D eigenvalue weighted by Gasteiger charge is 2.14. The lowest BCUT2D eigenvalue weighted by molar-refractivity contribution is 0.264. The minimum atomic E-state index is -0.331. The zero-order valence-electron chi connectivity index (χ0n) is 13.5. The summed E-state index contributed by atoms with van der Waals surface area (Å²) in [5, 5.41) is 14.8. The Kier molecular flexibility index (Phi) is 3.94. The van der Waals surface area contributed by atoms with Crippen molar-refractivity contribution in [2.45, 2.75) is 27.0 Å². The molecule has 124 valence electrons. The highest BCUT2D eigenvalue weighted by atomic mass is 16.3. The average Bonchev–Trinajstić information content (AvgIpc) is 2.90. The summed E-state index contributed by atoms with van der Waals surface area (Å²) in [5.74, 6) is 0.300. The molecule has 0 spiro atoms. The standard InChI is InChI=1S/C17H18N4O3/c1-4-20-15(9-22)19-21(17(20)24)11-5-6-12-13(7-11)14(10(2)3)8-18-16(12)23/h5-8,22H,2,4,9H2,1,3H3,(H,18,23). The number of pyridine rings is 1. The molecule has 0 radical (unpaired) electrons. The van der Waals surface area contributed by atoms with Gasteiger partial charge in [0.2, 0.25) is 0 Å². The van der Waals surface area contributed by atoms with Gasteiger partial charge in [0, 0.05) is 23.7 Å².